The topological polar surface area (TPSA) is 62.0 Å². The van der Waals surface area contributed by atoms with Gasteiger partial charge in [0.05, 0.1) is 10.7 Å². The zero-order valence-electron chi connectivity index (χ0n) is 10.1. The number of fused-ring (bicyclic) bond motifs is 1. The van der Waals surface area contributed by atoms with Crippen LogP contribution in [-0.2, 0) is 6.42 Å². The molecular formula is C13H14N2O2S. The Morgan fingerprint density at radius 2 is 2.11 bits per heavy atom. The van der Waals surface area contributed by atoms with Crippen LogP contribution in [0.2, 0.25) is 0 Å². The van der Waals surface area contributed by atoms with Crippen molar-refractivity contribution in [2.45, 2.75) is 32.6 Å². The fraction of sp³-hybridized carbons (Fsp3) is 0.385. The van der Waals surface area contributed by atoms with E-state index in [0.717, 1.165) is 31.2 Å². The van der Waals surface area contributed by atoms with Gasteiger partial charge in [-0.2, -0.15) is 9.98 Å². The first-order valence-corrected chi connectivity index (χ1v) is 6.41. The van der Waals surface area contributed by atoms with Gasteiger partial charge < -0.3 is 5.11 Å². The van der Waals surface area contributed by atoms with Crippen molar-refractivity contribution in [1.82, 2.24) is 0 Å². The zero-order valence-corrected chi connectivity index (χ0v) is 11.0. The summed E-state index contributed by atoms with van der Waals surface area (Å²) in [7, 11) is 0. The van der Waals surface area contributed by atoms with Gasteiger partial charge in [0.2, 0.25) is 0 Å². The Bertz CT molecular complexity index is 623. The van der Waals surface area contributed by atoms with Gasteiger partial charge >= 0.3 is 6.03 Å². The standard InChI is InChI=1S/C13H14N2O2S/c1-2-3-4-5-8-9(12(16)18)6-7-10-11(8)15-13(17)14-10/h6-7H,2-5H2,1H3,(H,16,18). The van der Waals surface area contributed by atoms with Gasteiger partial charge in [-0.3, -0.25) is 0 Å². The minimum absolute atomic E-state index is 0.154. The van der Waals surface area contributed by atoms with Gasteiger partial charge in [-0.05, 0) is 42.8 Å². The predicted octanol–water partition coefficient (Wildman–Crippen LogP) is 2.03. The molecule has 0 fully saturated rings. The summed E-state index contributed by atoms with van der Waals surface area (Å²) in [6.45, 7) is 2.12. The van der Waals surface area contributed by atoms with Crippen molar-refractivity contribution in [3.8, 4) is 0 Å². The molecule has 1 aliphatic heterocycles. The Morgan fingerprint density at radius 3 is 2.78 bits per heavy atom. The number of thiocarbonyl (C=S) groups is 1. The Kier molecular flexibility index (Phi) is 3.81. The molecule has 1 heterocycles. The highest BCUT2D eigenvalue weighted by Crippen LogP contribution is 2.09. The fourth-order valence-corrected chi connectivity index (χ4v) is 2.26. The van der Waals surface area contributed by atoms with Crippen LogP contribution in [-0.4, -0.2) is 16.2 Å². The molecule has 2 amide bonds. The molecule has 0 radical (unpaired) electrons. The number of aliphatic hydroxyl groups excluding tert-OH is 1. The maximum Gasteiger partial charge on any atom is 0.368 e. The molecule has 0 saturated carbocycles. The number of aliphatic hydroxyl groups is 1. The van der Waals surface area contributed by atoms with Crippen LogP contribution < -0.4 is 10.7 Å². The highest BCUT2D eigenvalue weighted by Gasteiger charge is 2.14. The molecule has 1 aromatic carbocycles. The molecule has 5 heteroatoms. The maximum atomic E-state index is 11.2. The molecule has 4 nitrogen and oxygen atoms in total. The average Bonchev–Trinajstić information content (AvgIpc) is 2.69. The van der Waals surface area contributed by atoms with Crippen LogP contribution in [0.25, 0.3) is 0 Å². The summed E-state index contributed by atoms with van der Waals surface area (Å²) >= 11 is 4.83. The van der Waals surface area contributed by atoms with Crippen molar-refractivity contribution in [2.75, 3.05) is 0 Å². The normalized spacial score (nSPS) is 12.8. The van der Waals surface area contributed by atoms with E-state index in [0.29, 0.717) is 16.3 Å². The summed E-state index contributed by atoms with van der Waals surface area (Å²) in [6, 6.07) is 2.90. The number of urea groups is 1. The van der Waals surface area contributed by atoms with E-state index in [-0.39, 0.29) is 5.05 Å². The van der Waals surface area contributed by atoms with Gasteiger partial charge in [0.25, 0.3) is 0 Å². The summed E-state index contributed by atoms with van der Waals surface area (Å²) in [6.07, 6.45) is 3.92. The number of benzene rings is 1. The van der Waals surface area contributed by atoms with Crippen LogP contribution in [0, 0.1) is 0 Å². The first-order valence-electron chi connectivity index (χ1n) is 6.00. The molecule has 2 rings (SSSR count). The maximum absolute atomic E-state index is 11.2. The van der Waals surface area contributed by atoms with Gasteiger partial charge in [0.15, 0.2) is 5.05 Å². The van der Waals surface area contributed by atoms with Crippen molar-refractivity contribution < 1.29 is 9.90 Å². The number of hydrogen-bond acceptors (Lipinski definition) is 2. The molecule has 18 heavy (non-hydrogen) atoms. The largest absolute Gasteiger partial charge is 0.499 e. The summed E-state index contributed by atoms with van der Waals surface area (Å²) in [5, 5.41) is 10.5. The summed E-state index contributed by atoms with van der Waals surface area (Å²) < 4.78 is 0. The van der Waals surface area contributed by atoms with Crippen LogP contribution in [0.5, 0.6) is 0 Å². The van der Waals surface area contributed by atoms with E-state index in [4.69, 9.17) is 12.2 Å². The molecule has 1 N–H and O–H groups in total. The number of rotatable bonds is 5. The van der Waals surface area contributed by atoms with Gasteiger partial charge in [-0.25, -0.2) is 4.79 Å². The van der Waals surface area contributed by atoms with Crippen LogP contribution in [0.3, 0.4) is 0 Å². The second-order valence-corrected chi connectivity index (χ2v) is 4.61. The first-order chi connectivity index (χ1) is 8.63. The SMILES string of the molecule is CCCCCc1c(C(O)=S)ccc2c1=NC(=O)N=2. The van der Waals surface area contributed by atoms with Gasteiger partial charge in [0.1, 0.15) is 0 Å². The second-order valence-electron chi connectivity index (χ2n) is 4.23. The number of carbonyl (C=O) groups is 1. The van der Waals surface area contributed by atoms with E-state index >= 15 is 0 Å². The third-order valence-electron chi connectivity index (χ3n) is 2.95. The highest BCUT2D eigenvalue weighted by atomic mass is 32.1. The lowest BCUT2D eigenvalue weighted by atomic mass is 10.0. The van der Waals surface area contributed by atoms with E-state index in [9.17, 15) is 9.90 Å². The van der Waals surface area contributed by atoms with Crippen molar-refractivity contribution in [2.24, 2.45) is 9.98 Å². The number of hydrogen-bond donors (Lipinski definition) is 1. The molecule has 0 bridgehead atoms. The number of nitrogens with zero attached hydrogens (tertiary/aromatic N) is 2. The van der Waals surface area contributed by atoms with Crippen LogP contribution in [0.4, 0.5) is 4.79 Å². The predicted molar refractivity (Wildman–Crippen MR) is 71.7 cm³/mol. The van der Waals surface area contributed by atoms with Gasteiger partial charge in [-0.1, -0.05) is 19.8 Å². The lowest BCUT2D eigenvalue weighted by Crippen LogP contribution is -2.28. The number of carbonyl (C=O) groups excluding carboxylic acids is 1. The molecule has 0 unspecified atom stereocenters. The molecule has 1 aliphatic rings. The van der Waals surface area contributed by atoms with Gasteiger partial charge in [0, 0.05) is 5.56 Å². The van der Waals surface area contributed by atoms with E-state index in [1.165, 1.54) is 0 Å². The lowest BCUT2D eigenvalue weighted by Gasteiger charge is -2.06. The van der Waals surface area contributed by atoms with E-state index in [1.807, 2.05) is 0 Å². The molecule has 0 spiro atoms. The Hall–Kier alpha value is -1.62. The van der Waals surface area contributed by atoms with E-state index in [1.54, 1.807) is 12.1 Å². The van der Waals surface area contributed by atoms with Crippen LogP contribution in [0.15, 0.2) is 22.1 Å². The third-order valence-corrected chi connectivity index (χ3v) is 3.17. The van der Waals surface area contributed by atoms with E-state index < -0.39 is 6.03 Å². The third kappa shape index (κ3) is 2.46. The zero-order chi connectivity index (χ0) is 13.1. The van der Waals surface area contributed by atoms with E-state index in [2.05, 4.69) is 16.9 Å². The molecule has 0 atom stereocenters. The number of amides is 2. The average molecular weight is 262 g/mol. The van der Waals surface area contributed by atoms with Crippen molar-refractivity contribution >= 4 is 23.3 Å². The fourth-order valence-electron chi connectivity index (χ4n) is 2.07. The van der Waals surface area contributed by atoms with Crippen molar-refractivity contribution in [1.29, 1.82) is 0 Å². The quantitative estimate of drug-likeness (QED) is 0.652. The lowest BCUT2D eigenvalue weighted by molar-refractivity contribution is 0.256. The minimum Gasteiger partial charge on any atom is -0.499 e. The van der Waals surface area contributed by atoms with Crippen LogP contribution >= 0.6 is 12.2 Å². The van der Waals surface area contributed by atoms with Crippen LogP contribution in [0.1, 0.15) is 37.3 Å². The molecule has 0 aromatic heterocycles. The molecule has 1 aromatic rings. The molecule has 0 aliphatic carbocycles. The Labute approximate surface area is 110 Å². The molecular weight excluding hydrogens is 248 g/mol. The summed E-state index contributed by atoms with van der Waals surface area (Å²) in [4.78, 5) is 18.9. The monoisotopic (exact) mass is 262 g/mol. The minimum atomic E-state index is -0.484. The second kappa shape index (κ2) is 5.35. The number of unbranched alkanes of at least 4 members (excludes halogenated alkanes) is 2. The van der Waals surface area contributed by atoms with Crippen molar-refractivity contribution in [3.05, 3.63) is 34.0 Å². The van der Waals surface area contributed by atoms with Gasteiger partial charge in [-0.15, -0.1) is 0 Å². The molecule has 94 valence electrons. The summed E-state index contributed by atoms with van der Waals surface area (Å²) in [5.41, 5.74) is 1.43. The first kappa shape index (κ1) is 12.8. The highest BCUT2D eigenvalue weighted by molar-refractivity contribution is 7.80. The smallest absolute Gasteiger partial charge is 0.368 e. The Balaban J connectivity index is 2.51. The Morgan fingerprint density at radius 1 is 1.33 bits per heavy atom. The molecule has 0 saturated heterocycles. The van der Waals surface area contributed by atoms with Crippen molar-refractivity contribution in [3.63, 3.8) is 0 Å². The summed E-state index contributed by atoms with van der Waals surface area (Å²) in [5.74, 6) is 0.